The van der Waals surface area contributed by atoms with Crippen molar-refractivity contribution in [1.82, 2.24) is 5.32 Å². The van der Waals surface area contributed by atoms with Gasteiger partial charge in [-0.05, 0) is 13.8 Å². The van der Waals surface area contributed by atoms with E-state index in [4.69, 9.17) is 0 Å². The average Bonchev–Trinajstić information content (AvgIpc) is 1.65. The smallest absolute Gasteiger partial charge is 0.219 e. The predicted octanol–water partition coefficient (Wildman–Crippen LogP) is 1.17. The first-order valence-electron chi connectivity index (χ1n) is 2.96. The fraction of sp³-hybridized carbons (Fsp3) is 0.833. The number of hydrogen-bond donors (Lipinski definition) is 1. The molecule has 0 spiro atoms. The zero-order valence-electron chi connectivity index (χ0n) is 5.69. The Morgan fingerprint density at radius 1 is 1.75 bits per heavy atom. The molecule has 0 saturated carbocycles. The molecule has 0 heterocycles. The highest BCUT2D eigenvalue weighted by atomic mass is 16.1. The summed E-state index contributed by atoms with van der Waals surface area (Å²) in [5, 5.41) is 2.75. The van der Waals surface area contributed by atoms with Gasteiger partial charge in [0.1, 0.15) is 0 Å². The Morgan fingerprint density at radius 2 is 2.25 bits per heavy atom. The zero-order chi connectivity index (χ0) is 6.57. The summed E-state index contributed by atoms with van der Waals surface area (Å²) in [5.74, 6) is 0.125. The summed E-state index contributed by atoms with van der Waals surface area (Å²) in [6.07, 6.45) is 0.582. The van der Waals surface area contributed by atoms with Crippen LogP contribution >= 0.6 is 0 Å². The lowest BCUT2D eigenvalue weighted by Gasteiger charge is -2.04. The highest BCUT2D eigenvalue weighted by Crippen LogP contribution is 1.79. The van der Waals surface area contributed by atoms with Crippen LogP contribution in [0.2, 0.25) is 0 Å². The van der Waals surface area contributed by atoms with Crippen molar-refractivity contribution in [2.45, 2.75) is 33.2 Å². The fourth-order valence-corrected chi connectivity index (χ4v) is 0.424. The quantitative estimate of drug-likeness (QED) is 0.578. The van der Waals surface area contributed by atoms with Crippen LogP contribution < -0.4 is 5.32 Å². The van der Waals surface area contributed by atoms with Crippen LogP contribution in [0.15, 0.2) is 0 Å². The molecular weight excluding hydrogens is 102 g/mol. The van der Waals surface area contributed by atoms with Crippen LogP contribution in [-0.2, 0) is 4.79 Å². The van der Waals surface area contributed by atoms with E-state index in [1.807, 2.05) is 20.8 Å². The van der Waals surface area contributed by atoms with Gasteiger partial charge >= 0.3 is 0 Å². The Kier molecular flexibility index (Phi) is 3.24. The summed E-state index contributed by atoms with van der Waals surface area (Å²) in [5.41, 5.74) is 0. The summed E-state index contributed by atoms with van der Waals surface area (Å²) in [6.45, 7) is 5.75. The lowest BCUT2D eigenvalue weighted by atomic mass is 10.3. The molecule has 0 aliphatic carbocycles. The molecule has 0 saturated heterocycles. The maximum atomic E-state index is 10.5. The van der Waals surface area contributed by atoms with Gasteiger partial charge in [-0.2, -0.15) is 0 Å². The van der Waals surface area contributed by atoms with E-state index in [0.717, 1.165) is 0 Å². The number of hydrogen-bond acceptors (Lipinski definition) is 1. The first-order chi connectivity index (χ1) is 3.66. The van der Waals surface area contributed by atoms with E-state index in [1.54, 1.807) is 0 Å². The van der Waals surface area contributed by atoms with Gasteiger partial charge in [-0.25, -0.2) is 0 Å². The van der Waals surface area contributed by atoms with Gasteiger partial charge in [0.25, 0.3) is 0 Å². The molecule has 0 aromatic rings. The first-order valence-corrected chi connectivity index (χ1v) is 2.96. The molecule has 0 atom stereocenters. The van der Waals surface area contributed by atoms with Gasteiger partial charge in [-0.1, -0.05) is 6.92 Å². The second-order valence-electron chi connectivity index (χ2n) is 2.08. The molecule has 0 aliphatic heterocycles. The summed E-state index contributed by atoms with van der Waals surface area (Å²) in [7, 11) is 0. The van der Waals surface area contributed by atoms with Gasteiger partial charge < -0.3 is 5.32 Å². The maximum Gasteiger partial charge on any atom is 0.219 e. The van der Waals surface area contributed by atoms with Crippen molar-refractivity contribution < 1.29 is 6.22 Å². The molecule has 2 nitrogen and oxygen atoms in total. The minimum Gasteiger partial charge on any atom is -0.354 e. The van der Waals surface area contributed by atoms with E-state index >= 15 is 0 Å². The Labute approximate surface area is 51.8 Å². The number of carbonyl (C=O) groups is 1. The van der Waals surface area contributed by atoms with Gasteiger partial charge in [0.2, 0.25) is 5.91 Å². The molecule has 8 heavy (non-hydrogen) atoms. The topological polar surface area (TPSA) is 29.1 Å². The first kappa shape index (κ1) is 7.47. The Bertz CT molecular complexity index is 83.1. The molecular formula is C6H15NO. The third-order valence-electron chi connectivity index (χ3n) is 0.771. The highest BCUT2D eigenvalue weighted by Gasteiger charge is 1.96. The standard InChI is InChI=1S/C6H13NO.H2/c1-4-6(8)7-5(2)3;/h5H,4H2,1-3H3,(H,7,8);1H. The van der Waals surface area contributed by atoms with Gasteiger partial charge in [0.15, 0.2) is 0 Å². The second kappa shape index (κ2) is 3.47. The molecule has 0 aromatic heterocycles. The van der Waals surface area contributed by atoms with E-state index < -0.39 is 0 Å². The van der Waals surface area contributed by atoms with Crippen LogP contribution in [0.25, 0.3) is 0 Å². The fourth-order valence-electron chi connectivity index (χ4n) is 0.424. The lowest BCUT2D eigenvalue weighted by Crippen LogP contribution is -2.29. The largest absolute Gasteiger partial charge is 0.354 e. The highest BCUT2D eigenvalue weighted by molar-refractivity contribution is 5.75. The molecule has 1 N–H and O–H groups in total. The van der Waals surface area contributed by atoms with E-state index in [-0.39, 0.29) is 13.4 Å². The van der Waals surface area contributed by atoms with Crippen molar-refractivity contribution in [2.24, 2.45) is 0 Å². The summed E-state index contributed by atoms with van der Waals surface area (Å²) >= 11 is 0. The van der Waals surface area contributed by atoms with Crippen LogP contribution in [0.1, 0.15) is 28.6 Å². The molecule has 2 heteroatoms. The molecule has 0 aromatic carbocycles. The van der Waals surface area contributed by atoms with Gasteiger partial charge in [0, 0.05) is 13.9 Å². The molecule has 1 amide bonds. The minimum atomic E-state index is 0. The van der Waals surface area contributed by atoms with Gasteiger partial charge in [-0.15, -0.1) is 0 Å². The van der Waals surface area contributed by atoms with Gasteiger partial charge in [-0.3, -0.25) is 4.79 Å². The third-order valence-corrected chi connectivity index (χ3v) is 0.771. The van der Waals surface area contributed by atoms with Crippen LogP contribution in [0.5, 0.6) is 0 Å². The van der Waals surface area contributed by atoms with E-state index in [9.17, 15) is 4.79 Å². The van der Waals surface area contributed by atoms with E-state index in [1.165, 1.54) is 0 Å². The Morgan fingerprint density at radius 3 is 2.38 bits per heavy atom. The van der Waals surface area contributed by atoms with Crippen molar-refractivity contribution in [3.05, 3.63) is 0 Å². The van der Waals surface area contributed by atoms with Crippen molar-refractivity contribution in [1.29, 1.82) is 0 Å². The number of carbonyl (C=O) groups excluding carboxylic acids is 1. The van der Waals surface area contributed by atoms with E-state index in [0.29, 0.717) is 6.42 Å². The second-order valence-corrected chi connectivity index (χ2v) is 2.08. The van der Waals surface area contributed by atoms with Crippen LogP contribution in [0.4, 0.5) is 0 Å². The zero-order valence-corrected chi connectivity index (χ0v) is 5.69. The molecule has 0 aliphatic rings. The lowest BCUT2D eigenvalue weighted by molar-refractivity contribution is -0.121. The van der Waals surface area contributed by atoms with Gasteiger partial charge in [0.05, 0.1) is 0 Å². The monoisotopic (exact) mass is 117 g/mol. The molecule has 0 rings (SSSR count). The molecule has 0 radical (unpaired) electrons. The molecule has 0 fully saturated rings. The molecule has 0 bridgehead atoms. The SMILES string of the molecule is CCC(=O)NC(C)C.[HH]. The summed E-state index contributed by atoms with van der Waals surface area (Å²) in [4.78, 5) is 10.5. The Balaban J connectivity index is 0. The summed E-state index contributed by atoms with van der Waals surface area (Å²) in [6, 6.07) is 0.280. The predicted molar refractivity (Wildman–Crippen MR) is 35.7 cm³/mol. The van der Waals surface area contributed by atoms with Crippen LogP contribution in [0.3, 0.4) is 0 Å². The van der Waals surface area contributed by atoms with E-state index in [2.05, 4.69) is 5.32 Å². The van der Waals surface area contributed by atoms with Crippen molar-refractivity contribution in [2.75, 3.05) is 0 Å². The third kappa shape index (κ3) is 3.65. The number of amides is 1. The minimum absolute atomic E-state index is 0. The van der Waals surface area contributed by atoms with Crippen molar-refractivity contribution in [3.63, 3.8) is 0 Å². The van der Waals surface area contributed by atoms with Crippen molar-refractivity contribution >= 4 is 5.91 Å². The van der Waals surface area contributed by atoms with Crippen LogP contribution in [0, 0.1) is 0 Å². The van der Waals surface area contributed by atoms with Crippen molar-refractivity contribution in [3.8, 4) is 0 Å². The average molecular weight is 117 g/mol. The molecule has 0 unspecified atom stereocenters. The number of nitrogens with one attached hydrogen (secondary N) is 1. The Hall–Kier alpha value is -0.530. The number of rotatable bonds is 2. The summed E-state index contributed by atoms with van der Waals surface area (Å²) < 4.78 is 0. The van der Waals surface area contributed by atoms with Crippen LogP contribution in [-0.4, -0.2) is 11.9 Å². The maximum absolute atomic E-state index is 10.5. The normalized spacial score (nSPS) is 9.50. The molecule has 50 valence electrons.